The van der Waals surface area contributed by atoms with Gasteiger partial charge in [0.05, 0.1) is 0 Å². The number of carbonyl (C=O) groups is 2. The number of ether oxygens (including phenoxy) is 2. The summed E-state index contributed by atoms with van der Waals surface area (Å²) in [6.07, 6.45) is 5.34. The number of hydrogen-bond acceptors (Lipinski definition) is 6. The Bertz CT molecular complexity index is 366. The zero-order valence-corrected chi connectivity index (χ0v) is 18.9. The number of unbranched alkanes of at least 4 members (excludes halogenated alkanes) is 4. The predicted molar refractivity (Wildman–Crippen MR) is 114 cm³/mol. The Balaban J connectivity index is 0. The van der Waals surface area contributed by atoms with Gasteiger partial charge in [0, 0.05) is 13.1 Å². The molecule has 8 nitrogen and oxygen atoms in total. The van der Waals surface area contributed by atoms with Crippen LogP contribution >= 0.6 is 0 Å². The third kappa shape index (κ3) is 26.7. The van der Waals surface area contributed by atoms with E-state index in [0.29, 0.717) is 26.2 Å². The van der Waals surface area contributed by atoms with Gasteiger partial charge in [0.15, 0.2) is 0 Å². The van der Waals surface area contributed by atoms with E-state index in [0.717, 1.165) is 38.5 Å². The first-order chi connectivity index (χ1) is 12.9. The molecule has 0 aliphatic carbocycles. The van der Waals surface area contributed by atoms with Crippen LogP contribution in [0.2, 0.25) is 0 Å². The average molecular weight is 405 g/mol. The molecule has 0 aliphatic rings. The van der Waals surface area contributed by atoms with Crippen molar-refractivity contribution in [2.24, 2.45) is 11.5 Å². The Labute approximate surface area is 171 Å². The largest absolute Gasteiger partial charge is 0.444 e. The Morgan fingerprint density at radius 3 is 1.21 bits per heavy atom. The number of amides is 2. The number of carbonyl (C=O) groups excluding carboxylic acids is 2. The van der Waals surface area contributed by atoms with E-state index in [9.17, 15) is 9.59 Å². The first-order valence-electron chi connectivity index (χ1n) is 10.2. The molecule has 0 aromatic rings. The lowest BCUT2D eigenvalue weighted by atomic mass is 10.2. The lowest BCUT2D eigenvalue weighted by Crippen LogP contribution is -2.33. The highest BCUT2D eigenvalue weighted by atomic mass is 16.6. The zero-order valence-electron chi connectivity index (χ0n) is 18.9. The molecule has 0 aromatic carbocycles. The highest BCUT2D eigenvalue weighted by Crippen LogP contribution is 2.07. The zero-order chi connectivity index (χ0) is 22.1. The minimum Gasteiger partial charge on any atom is -0.444 e. The summed E-state index contributed by atoms with van der Waals surface area (Å²) in [5.41, 5.74) is 9.85. The molecule has 0 heterocycles. The summed E-state index contributed by atoms with van der Waals surface area (Å²) in [5, 5.41) is 5.39. The summed E-state index contributed by atoms with van der Waals surface area (Å²) < 4.78 is 10.1. The van der Waals surface area contributed by atoms with Gasteiger partial charge in [0.2, 0.25) is 0 Å². The lowest BCUT2D eigenvalue weighted by molar-refractivity contribution is 0.0515. The van der Waals surface area contributed by atoms with Gasteiger partial charge in [0.25, 0.3) is 0 Å². The molecule has 0 spiro atoms. The molecule has 0 unspecified atom stereocenters. The van der Waals surface area contributed by atoms with Crippen LogP contribution in [-0.4, -0.2) is 49.6 Å². The number of rotatable bonds is 10. The quantitative estimate of drug-likeness (QED) is 0.414. The van der Waals surface area contributed by atoms with Crippen molar-refractivity contribution < 1.29 is 19.1 Å². The van der Waals surface area contributed by atoms with Gasteiger partial charge in [-0.2, -0.15) is 0 Å². The van der Waals surface area contributed by atoms with Gasteiger partial charge in [-0.15, -0.1) is 0 Å². The van der Waals surface area contributed by atoms with Crippen LogP contribution in [0.25, 0.3) is 0 Å². The van der Waals surface area contributed by atoms with Crippen molar-refractivity contribution in [2.75, 3.05) is 26.2 Å². The lowest BCUT2D eigenvalue weighted by Gasteiger charge is -2.19. The molecular weight excluding hydrogens is 360 g/mol. The molecule has 0 rings (SSSR count). The average Bonchev–Trinajstić information content (AvgIpc) is 2.52. The van der Waals surface area contributed by atoms with Crippen LogP contribution in [0, 0.1) is 0 Å². The van der Waals surface area contributed by atoms with Gasteiger partial charge >= 0.3 is 12.2 Å². The number of hydrogen-bond donors (Lipinski definition) is 4. The predicted octanol–water partition coefficient (Wildman–Crippen LogP) is 3.28. The molecule has 6 N–H and O–H groups in total. The summed E-state index contributed by atoms with van der Waals surface area (Å²) in [5.74, 6) is 0. The summed E-state index contributed by atoms with van der Waals surface area (Å²) in [4.78, 5) is 22.3. The monoisotopic (exact) mass is 404 g/mol. The molecular formula is C20H44N4O4. The normalized spacial score (nSPS) is 11.1. The fraction of sp³-hybridized carbons (Fsp3) is 0.900. The van der Waals surface area contributed by atoms with Crippen molar-refractivity contribution in [3.8, 4) is 0 Å². The summed E-state index contributed by atoms with van der Waals surface area (Å²) in [6, 6.07) is 0. The van der Waals surface area contributed by atoms with E-state index < -0.39 is 11.2 Å². The standard InChI is InChI=1S/2C10H22N2O2/c2*1-10(2,3)14-9(13)12-8-6-4-5-7-11/h2*4-8,11H2,1-3H3,(H,12,13). The van der Waals surface area contributed by atoms with Crippen LogP contribution in [0.3, 0.4) is 0 Å². The number of nitrogens with two attached hydrogens (primary N) is 2. The van der Waals surface area contributed by atoms with Gasteiger partial charge in [-0.1, -0.05) is 12.8 Å². The van der Waals surface area contributed by atoms with Crippen molar-refractivity contribution in [1.82, 2.24) is 10.6 Å². The fourth-order valence-electron chi connectivity index (χ4n) is 1.90. The molecule has 168 valence electrons. The minimum atomic E-state index is -0.415. The van der Waals surface area contributed by atoms with Crippen LogP contribution in [0.4, 0.5) is 9.59 Å². The minimum absolute atomic E-state index is 0.342. The third-order valence-electron chi connectivity index (χ3n) is 3.10. The molecule has 8 heteroatoms. The second-order valence-corrected chi connectivity index (χ2v) is 8.56. The van der Waals surface area contributed by atoms with Crippen LogP contribution < -0.4 is 22.1 Å². The highest BCUT2D eigenvalue weighted by Gasteiger charge is 2.15. The van der Waals surface area contributed by atoms with E-state index in [-0.39, 0.29) is 12.2 Å². The van der Waals surface area contributed by atoms with E-state index >= 15 is 0 Å². The molecule has 0 aliphatic heterocycles. The van der Waals surface area contributed by atoms with Crippen molar-refractivity contribution in [1.29, 1.82) is 0 Å². The molecule has 0 atom stereocenters. The van der Waals surface area contributed by atoms with Crippen molar-refractivity contribution in [2.45, 2.75) is 91.3 Å². The smallest absolute Gasteiger partial charge is 0.407 e. The Kier molecular flexibility index (Phi) is 16.8. The summed E-state index contributed by atoms with van der Waals surface area (Å²) in [6.45, 7) is 13.8. The van der Waals surface area contributed by atoms with Crippen LogP contribution in [0.1, 0.15) is 80.1 Å². The van der Waals surface area contributed by atoms with Crippen molar-refractivity contribution in [3.05, 3.63) is 0 Å². The van der Waals surface area contributed by atoms with Crippen molar-refractivity contribution >= 4 is 12.2 Å². The molecule has 0 radical (unpaired) electrons. The van der Waals surface area contributed by atoms with Crippen LogP contribution in [0.15, 0.2) is 0 Å². The van der Waals surface area contributed by atoms with Gasteiger partial charge in [0.1, 0.15) is 11.2 Å². The fourth-order valence-corrected chi connectivity index (χ4v) is 1.90. The first-order valence-corrected chi connectivity index (χ1v) is 10.2. The summed E-state index contributed by atoms with van der Waals surface area (Å²) in [7, 11) is 0. The van der Waals surface area contributed by atoms with E-state index in [1.807, 2.05) is 41.5 Å². The van der Waals surface area contributed by atoms with Gasteiger partial charge in [-0.3, -0.25) is 0 Å². The second kappa shape index (κ2) is 16.4. The van der Waals surface area contributed by atoms with E-state index in [1.54, 1.807) is 0 Å². The summed E-state index contributed by atoms with van der Waals surface area (Å²) >= 11 is 0. The molecule has 28 heavy (non-hydrogen) atoms. The Morgan fingerprint density at radius 1 is 0.643 bits per heavy atom. The van der Waals surface area contributed by atoms with E-state index in [4.69, 9.17) is 20.9 Å². The molecule has 0 aromatic heterocycles. The van der Waals surface area contributed by atoms with Crippen LogP contribution in [0.5, 0.6) is 0 Å². The maximum absolute atomic E-state index is 11.1. The Morgan fingerprint density at radius 2 is 0.964 bits per heavy atom. The molecule has 2 amide bonds. The maximum atomic E-state index is 11.1. The van der Waals surface area contributed by atoms with Gasteiger partial charge in [-0.25, -0.2) is 9.59 Å². The topological polar surface area (TPSA) is 129 Å². The molecule has 0 saturated carbocycles. The number of nitrogens with one attached hydrogen (secondary N) is 2. The second-order valence-electron chi connectivity index (χ2n) is 8.56. The Hall–Kier alpha value is -1.54. The van der Waals surface area contributed by atoms with E-state index in [2.05, 4.69) is 10.6 Å². The van der Waals surface area contributed by atoms with E-state index in [1.165, 1.54) is 0 Å². The van der Waals surface area contributed by atoms with Crippen molar-refractivity contribution in [3.63, 3.8) is 0 Å². The SMILES string of the molecule is CC(C)(C)OC(=O)NCCCCCN.CC(C)(C)OC(=O)NCCCCCN. The van der Waals surface area contributed by atoms with Gasteiger partial charge < -0.3 is 31.6 Å². The first kappa shape index (κ1) is 28.7. The van der Waals surface area contributed by atoms with Crippen LogP contribution in [-0.2, 0) is 9.47 Å². The van der Waals surface area contributed by atoms with Gasteiger partial charge in [-0.05, 0) is 80.3 Å². The molecule has 0 saturated heterocycles. The molecule has 0 bridgehead atoms. The third-order valence-corrected chi connectivity index (χ3v) is 3.10. The highest BCUT2D eigenvalue weighted by molar-refractivity contribution is 5.67. The maximum Gasteiger partial charge on any atom is 0.407 e. The number of alkyl carbamates (subject to hydrolysis) is 2. The molecule has 0 fully saturated rings.